The topological polar surface area (TPSA) is 115 Å². The van der Waals surface area contributed by atoms with E-state index in [0.717, 1.165) is 0 Å². The molecule has 8 heteroatoms. The van der Waals surface area contributed by atoms with Crippen molar-refractivity contribution in [3.8, 4) is 0 Å². The van der Waals surface area contributed by atoms with Gasteiger partial charge in [0.1, 0.15) is 0 Å². The maximum Gasteiger partial charge on any atom is 0.331 e. The molecule has 0 heterocycles. The molecule has 0 aliphatic rings. The Bertz CT molecular complexity index is 322. The maximum atomic E-state index is 11.2. The molecule has 0 aliphatic heterocycles. The van der Waals surface area contributed by atoms with Crippen molar-refractivity contribution in [3.63, 3.8) is 0 Å². The van der Waals surface area contributed by atoms with Crippen molar-refractivity contribution < 1.29 is 28.7 Å². The van der Waals surface area contributed by atoms with E-state index in [4.69, 9.17) is 19.6 Å². The monoisotopic (exact) mass is 260 g/mol. The Morgan fingerprint density at radius 1 is 0.933 bits per heavy atom. The molecule has 0 bridgehead atoms. The van der Waals surface area contributed by atoms with Gasteiger partial charge in [-0.15, -0.1) is 0 Å². The first-order chi connectivity index (χ1) is 6.21. The molecule has 0 atom stereocenters. The zero-order chi connectivity index (χ0) is 12.7. The summed E-state index contributed by atoms with van der Waals surface area (Å²) in [4.78, 5) is 36.0. The second kappa shape index (κ2) is 3.95. The van der Waals surface area contributed by atoms with Gasteiger partial charge in [0.25, 0.3) is 0 Å². The van der Waals surface area contributed by atoms with Crippen LogP contribution in [0.3, 0.4) is 0 Å². The molecule has 6 nitrogen and oxygen atoms in total. The average Bonchev–Trinajstić information content (AvgIpc) is 1.77. The first-order valence-corrected chi connectivity index (χ1v) is 7.72. The summed E-state index contributed by atoms with van der Waals surface area (Å²) < 4.78 is 22.1. The summed E-state index contributed by atoms with van der Waals surface area (Å²) in [6.45, 7) is 5.49. The van der Waals surface area contributed by atoms with Crippen molar-refractivity contribution in [3.05, 3.63) is 0 Å². The normalized spacial score (nSPS) is 15.5. The number of hydrogen-bond acceptors (Lipinski definition) is 2. The van der Waals surface area contributed by atoms with Crippen LogP contribution in [0.4, 0.5) is 0 Å². The molecule has 4 N–H and O–H groups in total. The van der Waals surface area contributed by atoms with E-state index in [0.29, 0.717) is 0 Å². The SMILES string of the molecule is CC(C)(CP(=O)(O)O)C(C)(C)P(=O)(O)O. The van der Waals surface area contributed by atoms with Gasteiger partial charge in [-0.05, 0) is 19.3 Å². The molecule has 92 valence electrons. The summed E-state index contributed by atoms with van der Waals surface area (Å²) in [5.41, 5.74) is -1.16. The van der Waals surface area contributed by atoms with Gasteiger partial charge >= 0.3 is 15.2 Å². The lowest BCUT2D eigenvalue weighted by Gasteiger charge is -2.41. The largest absolute Gasteiger partial charge is 0.331 e. The van der Waals surface area contributed by atoms with Crippen LogP contribution < -0.4 is 0 Å². The molecule has 0 saturated heterocycles. The Hall–Kier alpha value is 0.300. The molecule has 0 aromatic carbocycles. The molecule has 0 unspecified atom stereocenters. The minimum Gasteiger partial charge on any atom is -0.324 e. The number of rotatable bonds is 4. The first-order valence-electron chi connectivity index (χ1n) is 4.31. The van der Waals surface area contributed by atoms with E-state index in [1.165, 1.54) is 27.7 Å². The zero-order valence-electron chi connectivity index (χ0n) is 9.21. The van der Waals surface area contributed by atoms with E-state index in [-0.39, 0.29) is 0 Å². The molecular weight excluding hydrogens is 242 g/mol. The van der Waals surface area contributed by atoms with Crippen molar-refractivity contribution in [1.29, 1.82) is 0 Å². The minimum atomic E-state index is -4.42. The van der Waals surface area contributed by atoms with E-state index in [1.807, 2.05) is 0 Å². The van der Waals surface area contributed by atoms with E-state index in [2.05, 4.69) is 0 Å². The Morgan fingerprint density at radius 3 is 1.47 bits per heavy atom. The molecule has 15 heavy (non-hydrogen) atoms. The van der Waals surface area contributed by atoms with Crippen LogP contribution in [0.2, 0.25) is 0 Å². The van der Waals surface area contributed by atoms with Gasteiger partial charge in [0, 0.05) is 0 Å². The molecule has 0 aromatic rings. The van der Waals surface area contributed by atoms with Crippen molar-refractivity contribution >= 4 is 15.2 Å². The Morgan fingerprint density at radius 2 is 1.27 bits per heavy atom. The third kappa shape index (κ3) is 3.66. The lowest BCUT2D eigenvalue weighted by atomic mass is 9.82. The van der Waals surface area contributed by atoms with E-state index >= 15 is 0 Å². The van der Waals surface area contributed by atoms with Gasteiger partial charge in [0.15, 0.2) is 0 Å². The Kier molecular flexibility index (Phi) is 4.03. The van der Waals surface area contributed by atoms with Gasteiger partial charge in [-0.25, -0.2) is 0 Å². The second-order valence-electron chi connectivity index (χ2n) is 4.81. The summed E-state index contributed by atoms with van der Waals surface area (Å²) in [6, 6.07) is 0. The summed E-state index contributed by atoms with van der Waals surface area (Å²) in [5, 5.41) is -1.48. The van der Waals surface area contributed by atoms with Crippen LogP contribution in [-0.2, 0) is 9.13 Å². The van der Waals surface area contributed by atoms with Crippen molar-refractivity contribution in [2.45, 2.75) is 32.9 Å². The second-order valence-corrected chi connectivity index (χ2v) is 8.66. The zero-order valence-corrected chi connectivity index (χ0v) is 11.0. The van der Waals surface area contributed by atoms with E-state index < -0.39 is 31.9 Å². The Labute approximate surface area is 89.0 Å². The van der Waals surface area contributed by atoms with Gasteiger partial charge in [0.05, 0.1) is 11.3 Å². The fourth-order valence-corrected chi connectivity index (χ4v) is 3.52. The van der Waals surface area contributed by atoms with Crippen molar-refractivity contribution in [1.82, 2.24) is 0 Å². The fraction of sp³-hybridized carbons (Fsp3) is 1.00. The molecule has 0 amide bonds. The van der Waals surface area contributed by atoms with Gasteiger partial charge in [-0.3, -0.25) is 9.13 Å². The highest BCUT2D eigenvalue weighted by molar-refractivity contribution is 7.54. The van der Waals surface area contributed by atoms with Crippen LogP contribution in [0.25, 0.3) is 0 Å². The predicted molar refractivity (Wildman–Crippen MR) is 56.8 cm³/mol. The maximum absolute atomic E-state index is 11.2. The fourth-order valence-electron chi connectivity index (χ4n) is 1.10. The molecular formula is C7H18O6P2. The number of hydrogen-bond donors (Lipinski definition) is 4. The third-order valence-corrected chi connectivity index (χ3v) is 6.25. The van der Waals surface area contributed by atoms with Crippen LogP contribution >= 0.6 is 15.2 Å². The first kappa shape index (κ1) is 15.3. The lowest BCUT2D eigenvalue weighted by Crippen LogP contribution is -2.41. The highest BCUT2D eigenvalue weighted by Gasteiger charge is 2.51. The van der Waals surface area contributed by atoms with Crippen LogP contribution in [0.15, 0.2) is 0 Å². The third-order valence-electron chi connectivity index (χ3n) is 2.99. The Balaban J connectivity index is 5.21. The summed E-state index contributed by atoms with van der Waals surface area (Å²) in [6.07, 6.45) is -0.557. The molecule has 0 radical (unpaired) electrons. The van der Waals surface area contributed by atoms with Crippen LogP contribution in [0.1, 0.15) is 27.7 Å². The average molecular weight is 260 g/mol. The highest BCUT2D eigenvalue weighted by Crippen LogP contribution is 2.61. The summed E-state index contributed by atoms with van der Waals surface area (Å²) in [5.74, 6) is 0. The van der Waals surface area contributed by atoms with E-state index in [1.54, 1.807) is 0 Å². The lowest BCUT2D eigenvalue weighted by molar-refractivity contribution is 0.230. The van der Waals surface area contributed by atoms with Crippen molar-refractivity contribution in [2.24, 2.45) is 5.41 Å². The van der Waals surface area contributed by atoms with Gasteiger partial charge in [-0.1, -0.05) is 13.8 Å². The molecule has 0 aromatic heterocycles. The van der Waals surface area contributed by atoms with Gasteiger partial charge in [-0.2, -0.15) is 0 Å². The summed E-state index contributed by atoms with van der Waals surface area (Å²) in [7, 11) is -8.72. The van der Waals surface area contributed by atoms with Gasteiger partial charge in [0.2, 0.25) is 0 Å². The van der Waals surface area contributed by atoms with Gasteiger partial charge < -0.3 is 19.6 Å². The summed E-state index contributed by atoms with van der Waals surface area (Å²) >= 11 is 0. The smallest absolute Gasteiger partial charge is 0.324 e. The van der Waals surface area contributed by atoms with Crippen molar-refractivity contribution in [2.75, 3.05) is 6.16 Å². The predicted octanol–water partition coefficient (Wildman–Crippen LogP) is 1.15. The standard InChI is InChI=1S/C7H18O6P2/c1-6(2,5-14(8,9)10)7(3,4)15(11,12)13/h5H2,1-4H3,(H2,8,9,10)(H2,11,12,13). The molecule has 0 rings (SSSR count). The molecule has 0 saturated carbocycles. The minimum absolute atomic E-state index is 0.557. The quantitative estimate of drug-likeness (QED) is 0.563. The van der Waals surface area contributed by atoms with Crippen LogP contribution in [-0.4, -0.2) is 30.9 Å². The van der Waals surface area contributed by atoms with E-state index in [9.17, 15) is 9.13 Å². The van der Waals surface area contributed by atoms with Crippen LogP contribution in [0.5, 0.6) is 0 Å². The molecule has 0 fully saturated rings. The molecule has 0 aliphatic carbocycles. The highest BCUT2D eigenvalue weighted by atomic mass is 31.2. The molecule has 0 spiro atoms. The van der Waals surface area contributed by atoms with Crippen LogP contribution in [0, 0.1) is 5.41 Å².